The number of carbonyl (C=O) groups excluding carboxylic acids is 1. The Morgan fingerprint density at radius 3 is 3.20 bits per heavy atom. The summed E-state index contributed by atoms with van der Waals surface area (Å²) in [7, 11) is 2.14. The van der Waals surface area contributed by atoms with Gasteiger partial charge in [-0.1, -0.05) is 5.21 Å². The Bertz CT molecular complexity index is 336. The summed E-state index contributed by atoms with van der Waals surface area (Å²) in [5.74, 6) is 0.630. The third-order valence-corrected chi connectivity index (χ3v) is 2.84. The molecule has 0 aliphatic carbocycles. The van der Waals surface area contributed by atoms with Crippen molar-refractivity contribution in [3.8, 4) is 0 Å². The number of hydrogen-bond acceptors (Lipinski definition) is 4. The Morgan fingerprint density at radius 1 is 1.67 bits per heavy atom. The predicted octanol–water partition coefficient (Wildman–Crippen LogP) is 0.432. The molecule has 2 heterocycles. The van der Waals surface area contributed by atoms with Crippen LogP contribution < -0.4 is 0 Å². The number of piperidine rings is 1. The maximum Gasteiger partial charge on any atom is 0.171 e. The fraction of sp³-hybridized carbons (Fsp3) is 0.700. The topological polar surface area (TPSA) is 51.0 Å². The fourth-order valence-corrected chi connectivity index (χ4v) is 2.14. The van der Waals surface area contributed by atoms with E-state index in [1.54, 1.807) is 10.9 Å². The lowest BCUT2D eigenvalue weighted by atomic mass is 9.99. The first-order valence-electron chi connectivity index (χ1n) is 5.32. The first-order valence-corrected chi connectivity index (χ1v) is 5.32. The van der Waals surface area contributed by atoms with E-state index in [-0.39, 0.29) is 0 Å². The fourth-order valence-electron chi connectivity index (χ4n) is 2.14. The number of nitrogens with zero attached hydrogens (tertiary/aromatic N) is 4. The Labute approximate surface area is 89.1 Å². The molecule has 0 saturated carbocycles. The van der Waals surface area contributed by atoms with Gasteiger partial charge in [0.2, 0.25) is 0 Å². The lowest BCUT2D eigenvalue weighted by Gasteiger charge is -2.29. The van der Waals surface area contributed by atoms with Gasteiger partial charge >= 0.3 is 0 Å². The van der Waals surface area contributed by atoms with Crippen molar-refractivity contribution in [1.82, 2.24) is 19.9 Å². The highest BCUT2D eigenvalue weighted by Gasteiger charge is 2.17. The van der Waals surface area contributed by atoms with Crippen molar-refractivity contribution in [1.29, 1.82) is 0 Å². The summed E-state index contributed by atoms with van der Waals surface area (Å²) >= 11 is 0. The molecule has 0 N–H and O–H groups in total. The zero-order chi connectivity index (χ0) is 10.7. The summed E-state index contributed by atoms with van der Waals surface area (Å²) in [6.07, 6.45) is 4.93. The zero-order valence-corrected chi connectivity index (χ0v) is 8.96. The third kappa shape index (κ3) is 2.62. The smallest absolute Gasteiger partial charge is 0.171 e. The second-order valence-electron chi connectivity index (χ2n) is 4.25. The summed E-state index contributed by atoms with van der Waals surface area (Å²) in [4.78, 5) is 12.8. The van der Waals surface area contributed by atoms with Crippen LogP contribution in [0.3, 0.4) is 0 Å². The lowest BCUT2D eigenvalue weighted by molar-refractivity contribution is 0.111. The summed E-state index contributed by atoms with van der Waals surface area (Å²) in [6, 6.07) is 0. The van der Waals surface area contributed by atoms with Gasteiger partial charge in [-0.15, -0.1) is 5.10 Å². The molecule has 82 valence electrons. The first kappa shape index (κ1) is 10.3. The summed E-state index contributed by atoms with van der Waals surface area (Å²) < 4.78 is 1.77. The number of aromatic nitrogens is 3. The van der Waals surface area contributed by atoms with Crippen molar-refractivity contribution in [2.24, 2.45) is 5.92 Å². The van der Waals surface area contributed by atoms with Gasteiger partial charge in [0.05, 0.1) is 6.20 Å². The second-order valence-corrected chi connectivity index (χ2v) is 4.25. The first-order chi connectivity index (χ1) is 7.28. The summed E-state index contributed by atoms with van der Waals surface area (Å²) in [5.41, 5.74) is 0.416. The van der Waals surface area contributed by atoms with E-state index < -0.39 is 0 Å². The van der Waals surface area contributed by atoms with Crippen LogP contribution in [0.1, 0.15) is 23.3 Å². The SMILES string of the molecule is CN1CCCC(Cn2cc(C=O)nn2)C1. The molecule has 0 spiro atoms. The molecule has 1 saturated heterocycles. The van der Waals surface area contributed by atoms with E-state index in [4.69, 9.17) is 0 Å². The van der Waals surface area contributed by atoms with Gasteiger partial charge in [0.1, 0.15) is 5.69 Å². The van der Waals surface area contributed by atoms with Crippen LogP contribution in [0, 0.1) is 5.92 Å². The third-order valence-electron chi connectivity index (χ3n) is 2.84. The van der Waals surface area contributed by atoms with E-state index in [0.717, 1.165) is 19.4 Å². The van der Waals surface area contributed by atoms with Crippen molar-refractivity contribution in [3.63, 3.8) is 0 Å². The maximum atomic E-state index is 10.4. The Morgan fingerprint density at radius 2 is 2.53 bits per heavy atom. The number of aldehydes is 1. The molecule has 1 aliphatic rings. The van der Waals surface area contributed by atoms with E-state index in [1.807, 2.05) is 0 Å². The second kappa shape index (κ2) is 4.53. The molecule has 0 amide bonds. The van der Waals surface area contributed by atoms with Crippen molar-refractivity contribution in [2.45, 2.75) is 19.4 Å². The highest BCUT2D eigenvalue weighted by molar-refractivity contribution is 5.70. The molecule has 5 nitrogen and oxygen atoms in total. The van der Waals surface area contributed by atoms with Gasteiger partial charge in [0.15, 0.2) is 6.29 Å². The molecule has 1 atom stereocenters. The van der Waals surface area contributed by atoms with Crippen LogP contribution >= 0.6 is 0 Å². The Hall–Kier alpha value is -1.23. The van der Waals surface area contributed by atoms with Crippen LogP contribution in [0.5, 0.6) is 0 Å². The van der Waals surface area contributed by atoms with E-state index in [9.17, 15) is 4.79 Å². The lowest BCUT2D eigenvalue weighted by Crippen LogP contribution is -2.34. The molecule has 1 aromatic rings. The van der Waals surface area contributed by atoms with Crippen LogP contribution in [-0.4, -0.2) is 46.3 Å². The Balaban J connectivity index is 1.92. The van der Waals surface area contributed by atoms with Crippen molar-refractivity contribution in [3.05, 3.63) is 11.9 Å². The number of rotatable bonds is 3. The van der Waals surface area contributed by atoms with Crippen LogP contribution in [-0.2, 0) is 6.54 Å². The molecule has 1 unspecified atom stereocenters. The monoisotopic (exact) mass is 208 g/mol. The molecule has 1 aromatic heterocycles. The molecule has 2 rings (SSSR count). The summed E-state index contributed by atoms with van der Waals surface area (Å²) in [5, 5.41) is 7.67. The van der Waals surface area contributed by atoms with Gasteiger partial charge in [-0.3, -0.25) is 9.48 Å². The average Bonchev–Trinajstić information content (AvgIpc) is 2.65. The van der Waals surface area contributed by atoms with E-state index in [2.05, 4.69) is 22.3 Å². The number of hydrogen-bond donors (Lipinski definition) is 0. The highest BCUT2D eigenvalue weighted by Crippen LogP contribution is 2.16. The van der Waals surface area contributed by atoms with E-state index in [1.165, 1.54) is 19.4 Å². The van der Waals surface area contributed by atoms with Gasteiger partial charge in [0.25, 0.3) is 0 Å². The van der Waals surface area contributed by atoms with Gasteiger partial charge in [-0.25, -0.2) is 0 Å². The summed E-state index contributed by atoms with van der Waals surface area (Å²) in [6.45, 7) is 3.16. The zero-order valence-electron chi connectivity index (χ0n) is 8.96. The van der Waals surface area contributed by atoms with Gasteiger partial charge < -0.3 is 4.90 Å². The molecule has 0 aromatic carbocycles. The molecule has 15 heavy (non-hydrogen) atoms. The van der Waals surface area contributed by atoms with Crippen molar-refractivity contribution in [2.75, 3.05) is 20.1 Å². The van der Waals surface area contributed by atoms with Gasteiger partial charge in [-0.2, -0.15) is 0 Å². The minimum absolute atomic E-state index is 0.416. The molecule has 0 bridgehead atoms. The molecular formula is C10H16N4O. The molecule has 5 heteroatoms. The van der Waals surface area contributed by atoms with Crippen molar-refractivity contribution < 1.29 is 4.79 Å². The molecular weight excluding hydrogens is 192 g/mol. The van der Waals surface area contributed by atoms with E-state index in [0.29, 0.717) is 11.6 Å². The quantitative estimate of drug-likeness (QED) is 0.676. The van der Waals surface area contributed by atoms with Crippen molar-refractivity contribution >= 4 is 6.29 Å². The van der Waals surface area contributed by atoms with Gasteiger partial charge in [-0.05, 0) is 32.4 Å². The molecule has 0 radical (unpaired) electrons. The van der Waals surface area contributed by atoms with Gasteiger partial charge in [0, 0.05) is 13.1 Å². The van der Waals surface area contributed by atoms with E-state index >= 15 is 0 Å². The van der Waals surface area contributed by atoms with Crippen LogP contribution in [0.25, 0.3) is 0 Å². The minimum atomic E-state index is 0.416. The molecule has 1 aliphatic heterocycles. The predicted molar refractivity (Wildman–Crippen MR) is 55.6 cm³/mol. The molecule has 1 fully saturated rings. The average molecular weight is 208 g/mol. The van der Waals surface area contributed by atoms with Crippen LogP contribution in [0.2, 0.25) is 0 Å². The van der Waals surface area contributed by atoms with Crippen LogP contribution in [0.4, 0.5) is 0 Å². The number of carbonyl (C=O) groups is 1. The highest BCUT2D eigenvalue weighted by atomic mass is 16.1. The Kier molecular flexibility index (Phi) is 3.11. The number of likely N-dealkylation sites (tertiary alicyclic amines) is 1. The van der Waals surface area contributed by atoms with Crippen LogP contribution in [0.15, 0.2) is 6.20 Å². The largest absolute Gasteiger partial charge is 0.306 e. The standard InChI is InChI=1S/C10H16N4O/c1-13-4-2-3-9(5-13)6-14-7-10(8-15)11-12-14/h7-9H,2-6H2,1H3. The normalized spacial score (nSPS) is 22.9. The minimum Gasteiger partial charge on any atom is -0.306 e. The maximum absolute atomic E-state index is 10.4.